The Morgan fingerprint density at radius 3 is 2.55 bits per heavy atom. The van der Waals surface area contributed by atoms with Gasteiger partial charge in [0.05, 0.1) is 18.9 Å². The Kier molecular flexibility index (Phi) is 6.05. The lowest BCUT2D eigenvalue weighted by Gasteiger charge is -2.23. The maximum atomic E-state index is 13.2. The zero-order valence-electron chi connectivity index (χ0n) is 16.3. The fraction of sp³-hybridized carbons (Fsp3) is 0.286. The van der Waals surface area contributed by atoms with Crippen LogP contribution in [0.3, 0.4) is 0 Å². The molecule has 1 saturated heterocycles. The molecule has 4 rings (SSSR count). The van der Waals surface area contributed by atoms with Crippen LogP contribution in [0, 0.1) is 0 Å². The van der Waals surface area contributed by atoms with E-state index >= 15 is 0 Å². The lowest BCUT2D eigenvalue weighted by molar-refractivity contribution is -0.180. The van der Waals surface area contributed by atoms with Crippen LogP contribution in [0.2, 0.25) is 0 Å². The summed E-state index contributed by atoms with van der Waals surface area (Å²) in [6.07, 6.45) is 0.173. The highest BCUT2D eigenvalue weighted by molar-refractivity contribution is 9.10. The standard InChI is InChI=1S/C21H20BrN3O6/c22-14-6-7-17-15(11-14)21(30-8-9-31-21)20(28)25(17)12-18(26)23-16(19(27)24-29)10-13-4-2-1-3-5-13/h1-7,11,16,29H,8-10,12H2,(H,23,26)(H,24,27)/t16-/m0/s1. The molecule has 0 aromatic heterocycles. The Morgan fingerprint density at radius 2 is 1.87 bits per heavy atom. The van der Waals surface area contributed by atoms with Gasteiger partial charge in [-0.3, -0.25) is 24.5 Å². The Bertz CT molecular complexity index is 1010. The minimum absolute atomic E-state index is 0.173. The highest BCUT2D eigenvalue weighted by Gasteiger charge is 2.56. The molecule has 1 spiro atoms. The summed E-state index contributed by atoms with van der Waals surface area (Å²) in [5, 5.41) is 11.7. The fourth-order valence-corrected chi connectivity index (χ4v) is 4.14. The van der Waals surface area contributed by atoms with Crippen LogP contribution in [0.25, 0.3) is 0 Å². The average Bonchev–Trinajstić information content (AvgIpc) is 3.35. The summed E-state index contributed by atoms with van der Waals surface area (Å²) in [4.78, 5) is 39.3. The number of amides is 3. The third-order valence-corrected chi connectivity index (χ3v) is 5.66. The van der Waals surface area contributed by atoms with Crippen LogP contribution >= 0.6 is 15.9 Å². The molecule has 2 heterocycles. The van der Waals surface area contributed by atoms with Crippen LogP contribution in [0.1, 0.15) is 11.1 Å². The fourth-order valence-electron chi connectivity index (χ4n) is 3.78. The van der Waals surface area contributed by atoms with Crippen LogP contribution in [0.5, 0.6) is 0 Å². The predicted molar refractivity (Wildman–Crippen MR) is 112 cm³/mol. The van der Waals surface area contributed by atoms with Crippen molar-refractivity contribution < 1.29 is 29.1 Å². The Morgan fingerprint density at radius 1 is 1.16 bits per heavy atom. The van der Waals surface area contributed by atoms with Crippen molar-refractivity contribution in [3.8, 4) is 0 Å². The van der Waals surface area contributed by atoms with E-state index < -0.39 is 29.6 Å². The summed E-state index contributed by atoms with van der Waals surface area (Å²) in [5.74, 6) is -3.39. The molecule has 3 N–H and O–H groups in total. The van der Waals surface area contributed by atoms with E-state index in [1.807, 2.05) is 18.2 Å². The molecular weight excluding hydrogens is 470 g/mol. The number of halogens is 1. The van der Waals surface area contributed by atoms with E-state index in [1.165, 1.54) is 4.90 Å². The van der Waals surface area contributed by atoms with Gasteiger partial charge < -0.3 is 14.8 Å². The van der Waals surface area contributed by atoms with Crippen molar-refractivity contribution in [1.82, 2.24) is 10.8 Å². The van der Waals surface area contributed by atoms with E-state index in [9.17, 15) is 14.4 Å². The van der Waals surface area contributed by atoms with Crippen LogP contribution in [0.15, 0.2) is 53.0 Å². The second kappa shape index (κ2) is 8.75. The Hall–Kier alpha value is -2.79. The van der Waals surface area contributed by atoms with Crippen molar-refractivity contribution in [2.24, 2.45) is 0 Å². The van der Waals surface area contributed by atoms with Gasteiger partial charge in [0, 0.05) is 16.5 Å². The van der Waals surface area contributed by atoms with E-state index in [0.29, 0.717) is 11.3 Å². The highest BCUT2D eigenvalue weighted by atomic mass is 79.9. The van der Waals surface area contributed by atoms with E-state index in [0.717, 1.165) is 10.0 Å². The minimum atomic E-state index is -1.56. The number of carbonyl (C=O) groups excluding carboxylic acids is 3. The second-order valence-electron chi connectivity index (χ2n) is 7.15. The molecule has 9 nitrogen and oxygen atoms in total. The number of carbonyl (C=O) groups is 3. The van der Waals surface area contributed by atoms with Gasteiger partial charge in [0.2, 0.25) is 5.91 Å². The molecular formula is C21H20BrN3O6. The first-order valence-corrected chi connectivity index (χ1v) is 10.4. The molecule has 10 heteroatoms. The third-order valence-electron chi connectivity index (χ3n) is 5.17. The van der Waals surface area contributed by atoms with E-state index in [-0.39, 0.29) is 26.2 Å². The Labute approximate surface area is 186 Å². The number of benzene rings is 2. The van der Waals surface area contributed by atoms with Crippen LogP contribution in [-0.4, -0.2) is 48.7 Å². The van der Waals surface area contributed by atoms with Crippen molar-refractivity contribution in [1.29, 1.82) is 0 Å². The van der Waals surface area contributed by atoms with Gasteiger partial charge in [-0.2, -0.15) is 0 Å². The zero-order valence-corrected chi connectivity index (χ0v) is 17.9. The summed E-state index contributed by atoms with van der Waals surface area (Å²) in [7, 11) is 0. The zero-order chi connectivity index (χ0) is 22.0. The molecule has 1 fully saturated rings. The molecule has 2 aliphatic heterocycles. The normalized spacial score (nSPS) is 17.5. The van der Waals surface area contributed by atoms with Crippen molar-refractivity contribution in [2.75, 3.05) is 24.7 Å². The summed E-state index contributed by atoms with van der Waals surface area (Å²) in [6, 6.07) is 13.2. The lowest BCUT2D eigenvalue weighted by atomic mass is 10.1. The van der Waals surface area contributed by atoms with E-state index in [2.05, 4.69) is 21.2 Å². The van der Waals surface area contributed by atoms with Gasteiger partial charge in [0.25, 0.3) is 17.6 Å². The highest BCUT2D eigenvalue weighted by Crippen LogP contribution is 2.46. The molecule has 162 valence electrons. The molecule has 2 aliphatic rings. The molecule has 0 saturated carbocycles. The van der Waals surface area contributed by atoms with Gasteiger partial charge in [-0.1, -0.05) is 46.3 Å². The summed E-state index contributed by atoms with van der Waals surface area (Å²) in [5.41, 5.74) is 3.39. The van der Waals surface area contributed by atoms with Crippen LogP contribution in [-0.2, 0) is 36.1 Å². The molecule has 0 aliphatic carbocycles. The third kappa shape index (κ3) is 4.07. The molecule has 31 heavy (non-hydrogen) atoms. The molecule has 0 bridgehead atoms. The molecule has 3 amide bonds. The largest absolute Gasteiger partial charge is 0.342 e. The first kappa shape index (κ1) is 21.4. The monoisotopic (exact) mass is 489 g/mol. The van der Waals surface area contributed by atoms with E-state index in [4.69, 9.17) is 14.7 Å². The van der Waals surface area contributed by atoms with Crippen molar-refractivity contribution >= 4 is 39.3 Å². The number of nitrogens with zero attached hydrogens (tertiary/aromatic N) is 1. The number of nitrogens with one attached hydrogen (secondary N) is 2. The first-order chi connectivity index (χ1) is 14.9. The van der Waals surface area contributed by atoms with Gasteiger partial charge in [0.1, 0.15) is 12.6 Å². The quantitative estimate of drug-likeness (QED) is 0.415. The average molecular weight is 490 g/mol. The first-order valence-electron chi connectivity index (χ1n) is 9.62. The molecule has 0 radical (unpaired) electrons. The second-order valence-corrected chi connectivity index (χ2v) is 8.07. The summed E-state index contributed by atoms with van der Waals surface area (Å²) in [6.45, 7) is 0.174. The lowest BCUT2D eigenvalue weighted by Crippen LogP contribution is -2.51. The van der Waals surface area contributed by atoms with Crippen LogP contribution in [0.4, 0.5) is 5.69 Å². The van der Waals surface area contributed by atoms with Gasteiger partial charge in [0.15, 0.2) is 0 Å². The predicted octanol–water partition coefficient (Wildman–Crippen LogP) is 1.23. The number of hydrogen-bond acceptors (Lipinski definition) is 6. The number of rotatable bonds is 6. The molecule has 1 atom stereocenters. The summed E-state index contributed by atoms with van der Waals surface area (Å²) < 4.78 is 12.1. The van der Waals surface area contributed by atoms with Crippen LogP contribution < -0.4 is 15.7 Å². The van der Waals surface area contributed by atoms with Crippen molar-refractivity contribution in [3.05, 3.63) is 64.1 Å². The number of hydrogen-bond donors (Lipinski definition) is 3. The number of anilines is 1. The molecule has 2 aromatic rings. The minimum Gasteiger partial charge on any atom is -0.342 e. The van der Waals surface area contributed by atoms with E-state index in [1.54, 1.807) is 35.8 Å². The number of hydroxylamine groups is 1. The van der Waals surface area contributed by atoms with Gasteiger partial charge in [-0.15, -0.1) is 0 Å². The maximum Gasteiger partial charge on any atom is 0.293 e. The topological polar surface area (TPSA) is 117 Å². The number of ether oxygens (including phenoxy) is 2. The number of fused-ring (bicyclic) bond motifs is 2. The molecule has 2 aromatic carbocycles. The summed E-state index contributed by atoms with van der Waals surface area (Å²) >= 11 is 3.39. The van der Waals surface area contributed by atoms with Crippen molar-refractivity contribution in [3.63, 3.8) is 0 Å². The van der Waals surface area contributed by atoms with Gasteiger partial charge >= 0.3 is 0 Å². The Balaban J connectivity index is 1.53. The van der Waals surface area contributed by atoms with Gasteiger partial charge in [-0.25, -0.2) is 5.48 Å². The maximum absolute atomic E-state index is 13.2. The van der Waals surface area contributed by atoms with Crippen molar-refractivity contribution in [2.45, 2.75) is 18.2 Å². The van der Waals surface area contributed by atoms with Gasteiger partial charge in [-0.05, 0) is 23.8 Å². The smallest absolute Gasteiger partial charge is 0.293 e. The SMILES string of the molecule is O=C(CN1C(=O)C2(OCCO2)c2cc(Br)ccc21)N[C@@H](Cc1ccccc1)C(=O)NO. The molecule has 0 unspecified atom stereocenters.